The minimum Gasteiger partial charge on any atom is -0.508 e. The van der Waals surface area contributed by atoms with Gasteiger partial charge < -0.3 is 31.3 Å². The number of aryl methyl sites for hydroxylation is 1. The summed E-state index contributed by atoms with van der Waals surface area (Å²) in [5.74, 6) is -9.04. The summed E-state index contributed by atoms with van der Waals surface area (Å²) >= 11 is 0. The topological polar surface area (TPSA) is 182 Å². The van der Waals surface area contributed by atoms with E-state index in [0.29, 0.717) is 16.7 Å². The normalized spacial score (nSPS) is 30.3. The molecular weight excluding hydrogens is 504 g/mol. The first-order chi connectivity index (χ1) is 18.2. The molecule has 1 amide bonds. The van der Waals surface area contributed by atoms with E-state index in [2.05, 4.69) is 0 Å². The van der Waals surface area contributed by atoms with Crippen molar-refractivity contribution in [2.45, 2.75) is 37.5 Å². The lowest BCUT2D eigenvalue weighted by molar-refractivity contribution is -0.169. The van der Waals surface area contributed by atoms with E-state index in [1.807, 2.05) is 19.1 Å². The van der Waals surface area contributed by atoms with Crippen molar-refractivity contribution in [1.82, 2.24) is 4.90 Å². The zero-order chi connectivity index (χ0) is 28.7. The van der Waals surface area contributed by atoms with E-state index in [1.54, 1.807) is 31.2 Å². The largest absolute Gasteiger partial charge is 0.508 e. The molecule has 0 spiro atoms. The number of phenols is 1. The first-order valence-corrected chi connectivity index (χ1v) is 12.5. The van der Waals surface area contributed by atoms with E-state index < -0.39 is 75.6 Å². The van der Waals surface area contributed by atoms with Crippen LogP contribution in [0.15, 0.2) is 53.3 Å². The summed E-state index contributed by atoms with van der Waals surface area (Å²) in [5, 5.41) is 57.1. The number of hydrogen-bond donors (Lipinski definition) is 6. The molecule has 10 nitrogen and oxygen atoms in total. The standard InChI is InChI=1S/C29H30N2O8/c1-11-5-7-13(8-6-11)15-10-9-14-12(2)16-18(23(33)17(14)22(15)32)26(36)29(39)20(24(16)34)21(31(3)4)25(35)19(27(29)37)28(30)38/h5-10,12,16,20-21,24,32-34,37,39H,1-4H3,(H2,30,38)/t12-,16+,20+,21-,24-,29-/m1/s1. The first kappa shape index (κ1) is 26.6. The molecule has 1 fully saturated rings. The van der Waals surface area contributed by atoms with Gasteiger partial charge in [-0.3, -0.25) is 19.3 Å². The molecule has 1 saturated carbocycles. The number of benzene rings is 2. The molecule has 0 bridgehead atoms. The van der Waals surface area contributed by atoms with Crippen molar-refractivity contribution in [3.63, 3.8) is 0 Å². The molecule has 5 rings (SSSR count). The number of likely N-dealkylation sites (N-methyl/N-ethyl adjacent to an activating group) is 1. The Morgan fingerprint density at radius 2 is 1.64 bits per heavy atom. The fourth-order valence-electron chi connectivity index (χ4n) is 6.58. The molecule has 0 radical (unpaired) electrons. The number of amides is 1. The van der Waals surface area contributed by atoms with Crippen LogP contribution < -0.4 is 5.73 Å². The lowest BCUT2D eigenvalue weighted by Gasteiger charge is -2.53. The molecule has 7 N–H and O–H groups in total. The summed E-state index contributed by atoms with van der Waals surface area (Å²) in [6, 6.07) is 9.31. The summed E-state index contributed by atoms with van der Waals surface area (Å²) in [6.45, 7) is 3.61. The lowest BCUT2D eigenvalue weighted by Crippen LogP contribution is -2.70. The maximum absolute atomic E-state index is 14.0. The van der Waals surface area contributed by atoms with Crippen LogP contribution in [0.4, 0.5) is 0 Å². The predicted octanol–water partition coefficient (Wildman–Crippen LogP) is 1.47. The Hall–Kier alpha value is -3.99. The van der Waals surface area contributed by atoms with Gasteiger partial charge in [-0.1, -0.05) is 48.9 Å². The fourth-order valence-corrected chi connectivity index (χ4v) is 6.58. The SMILES string of the molecule is Cc1ccc(-c2ccc3c(c2O)C(O)=C2C(=O)[C@@]4(O)C(O)=C(C(N)=O)C(=O)[C@H](N(C)C)[C@H]4[C@H](O)[C@H]2[C@@H]3C)cc1. The molecule has 39 heavy (non-hydrogen) atoms. The number of Topliss-reactive ketones (excluding diaryl/α,β-unsaturated/α-hetero) is 2. The van der Waals surface area contributed by atoms with Crippen LogP contribution in [0.25, 0.3) is 16.9 Å². The van der Waals surface area contributed by atoms with Gasteiger partial charge in [-0.2, -0.15) is 0 Å². The van der Waals surface area contributed by atoms with Crippen molar-refractivity contribution >= 4 is 23.2 Å². The number of carbonyl (C=O) groups is 3. The van der Waals surface area contributed by atoms with Crippen molar-refractivity contribution in [1.29, 1.82) is 0 Å². The lowest BCUT2D eigenvalue weighted by atomic mass is 9.54. The number of ketones is 2. The predicted molar refractivity (Wildman–Crippen MR) is 141 cm³/mol. The molecule has 6 atom stereocenters. The van der Waals surface area contributed by atoms with Crippen molar-refractivity contribution in [3.05, 3.63) is 70.0 Å². The monoisotopic (exact) mass is 534 g/mol. The molecule has 10 heteroatoms. The highest BCUT2D eigenvalue weighted by Gasteiger charge is 2.68. The Morgan fingerprint density at radius 1 is 1.03 bits per heavy atom. The molecule has 0 aromatic heterocycles. The van der Waals surface area contributed by atoms with Gasteiger partial charge in [0.2, 0.25) is 5.78 Å². The Morgan fingerprint density at radius 3 is 2.21 bits per heavy atom. The van der Waals surface area contributed by atoms with Gasteiger partial charge in [0.25, 0.3) is 5.91 Å². The van der Waals surface area contributed by atoms with Crippen molar-refractivity contribution < 1.29 is 39.9 Å². The Bertz CT molecular complexity index is 1510. The summed E-state index contributed by atoms with van der Waals surface area (Å²) < 4.78 is 0. The van der Waals surface area contributed by atoms with Gasteiger partial charge in [-0.15, -0.1) is 0 Å². The summed E-state index contributed by atoms with van der Waals surface area (Å²) in [5.41, 5.74) is 3.52. The summed E-state index contributed by atoms with van der Waals surface area (Å²) in [6.07, 6.45) is -1.63. The molecule has 0 aliphatic heterocycles. The van der Waals surface area contributed by atoms with Crippen molar-refractivity contribution in [3.8, 4) is 16.9 Å². The van der Waals surface area contributed by atoms with Gasteiger partial charge in [0.1, 0.15) is 22.8 Å². The third kappa shape index (κ3) is 3.42. The first-order valence-electron chi connectivity index (χ1n) is 12.5. The van der Waals surface area contributed by atoms with Crippen LogP contribution in [0.5, 0.6) is 5.75 Å². The number of aliphatic hydroxyl groups is 4. The number of nitrogens with zero attached hydrogens (tertiary/aromatic N) is 1. The Balaban J connectivity index is 1.78. The van der Waals surface area contributed by atoms with E-state index in [4.69, 9.17) is 5.73 Å². The summed E-state index contributed by atoms with van der Waals surface area (Å²) in [7, 11) is 2.93. The van der Waals surface area contributed by atoms with E-state index in [-0.39, 0.29) is 11.3 Å². The molecular formula is C29H30N2O8. The van der Waals surface area contributed by atoms with Crippen LogP contribution in [0.2, 0.25) is 0 Å². The quantitative estimate of drug-likeness (QED) is 0.318. The van der Waals surface area contributed by atoms with E-state index in [9.17, 15) is 39.9 Å². The average Bonchev–Trinajstić information content (AvgIpc) is 2.86. The molecule has 0 heterocycles. The number of hydrogen-bond acceptors (Lipinski definition) is 9. The van der Waals surface area contributed by atoms with Crippen LogP contribution in [0.1, 0.15) is 29.5 Å². The van der Waals surface area contributed by atoms with E-state index in [1.165, 1.54) is 19.0 Å². The van der Waals surface area contributed by atoms with Crippen LogP contribution in [0.3, 0.4) is 0 Å². The Labute approximate surface area is 224 Å². The smallest absolute Gasteiger partial charge is 0.255 e. The molecule has 2 aromatic rings. The second kappa shape index (κ2) is 8.77. The maximum Gasteiger partial charge on any atom is 0.255 e. The van der Waals surface area contributed by atoms with Crippen molar-refractivity contribution in [2.75, 3.05) is 14.1 Å². The molecule has 0 saturated heterocycles. The molecule has 0 unspecified atom stereocenters. The number of aliphatic hydroxyl groups excluding tert-OH is 3. The molecule has 3 aliphatic rings. The van der Waals surface area contributed by atoms with Gasteiger partial charge in [0, 0.05) is 17.1 Å². The number of primary amides is 1. The van der Waals surface area contributed by atoms with Gasteiger partial charge >= 0.3 is 0 Å². The van der Waals surface area contributed by atoms with E-state index in [0.717, 1.165) is 5.56 Å². The fraction of sp³-hybridized carbons (Fsp3) is 0.345. The number of nitrogens with two attached hydrogens (primary N) is 1. The number of aromatic hydroxyl groups is 1. The average molecular weight is 535 g/mol. The highest BCUT2D eigenvalue weighted by Crippen LogP contribution is 2.56. The van der Waals surface area contributed by atoms with Gasteiger partial charge in [-0.25, -0.2) is 0 Å². The molecule has 2 aromatic carbocycles. The number of fused-ring (bicyclic) bond motifs is 3. The van der Waals surface area contributed by atoms with Crippen molar-refractivity contribution in [2.24, 2.45) is 17.6 Å². The number of phenolic OH excluding ortho intramolecular Hbond substituents is 1. The minimum absolute atomic E-state index is 0.0379. The zero-order valence-electron chi connectivity index (χ0n) is 21.8. The highest BCUT2D eigenvalue weighted by atomic mass is 16.4. The summed E-state index contributed by atoms with van der Waals surface area (Å²) in [4.78, 5) is 40.7. The Kier molecular flexibility index (Phi) is 5.98. The van der Waals surface area contributed by atoms with Gasteiger partial charge in [0.15, 0.2) is 11.4 Å². The third-order valence-corrected chi connectivity index (χ3v) is 8.49. The van der Waals surface area contributed by atoms with Crippen LogP contribution in [0, 0.1) is 18.8 Å². The second-order valence-electron chi connectivity index (χ2n) is 10.8. The molecule has 204 valence electrons. The number of rotatable bonds is 3. The van der Waals surface area contributed by atoms with Gasteiger partial charge in [0.05, 0.1) is 23.6 Å². The van der Waals surface area contributed by atoms with Crippen LogP contribution >= 0.6 is 0 Å². The van der Waals surface area contributed by atoms with Crippen LogP contribution in [-0.4, -0.2) is 79.7 Å². The highest BCUT2D eigenvalue weighted by molar-refractivity contribution is 6.24. The van der Waals surface area contributed by atoms with E-state index >= 15 is 0 Å². The molecule has 3 aliphatic carbocycles. The number of carbonyl (C=O) groups excluding carboxylic acids is 3. The maximum atomic E-state index is 14.0. The zero-order valence-corrected chi connectivity index (χ0v) is 21.8. The van der Waals surface area contributed by atoms with Crippen LogP contribution in [-0.2, 0) is 14.4 Å². The minimum atomic E-state index is -2.94. The third-order valence-electron chi connectivity index (χ3n) is 8.49. The second-order valence-corrected chi connectivity index (χ2v) is 10.8. The van der Waals surface area contributed by atoms with Gasteiger partial charge in [-0.05, 0) is 38.1 Å².